The number of aliphatic imine (C=N–C) groups is 1. The van der Waals surface area contributed by atoms with E-state index in [9.17, 15) is 0 Å². The van der Waals surface area contributed by atoms with E-state index in [2.05, 4.69) is 4.99 Å². The highest BCUT2D eigenvalue weighted by atomic mass is 16.7. The third kappa shape index (κ3) is 6.86. The average molecular weight is 168 g/mol. The van der Waals surface area contributed by atoms with Gasteiger partial charge >= 0.3 is 0 Å². The molecule has 3 heteroatoms. The van der Waals surface area contributed by atoms with Crippen molar-refractivity contribution in [2.75, 3.05) is 13.6 Å². The van der Waals surface area contributed by atoms with Crippen LogP contribution in [0.1, 0.15) is 13.8 Å². The topological polar surface area (TPSA) is 24.8 Å². The summed E-state index contributed by atoms with van der Waals surface area (Å²) in [6.07, 6.45) is 9.03. The Bertz CT molecular complexity index is 173. The van der Waals surface area contributed by atoms with Gasteiger partial charge in [0.1, 0.15) is 0 Å². The number of rotatable bonds is 5. The largest absolute Gasteiger partial charge is 0.368 e. The molecule has 0 aliphatic rings. The van der Waals surface area contributed by atoms with Gasteiger partial charge in [-0.2, -0.15) is 0 Å². The average Bonchev–Trinajstić information content (AvgIpc) is 2.05. The molecule has 0 saturated heterocycles. The Morgan fingerprint density at radius 3 is 2.67 bits per heavy atom. The molecule has 0 aliphatic heterocycles. The molecule has 0 N–H and O–H groups in total. The fraction of sp³-hybridized carbons (Fsp3) is 0.444. The molecule has 0 aliphatic carbocycles. The van der Waals surface area contributed by atoms with Gasteiger partial charge in [-0.05, 0) is 13.8 Å². The van der Waals surface area contributed by atoms with E-state index in [1.54, 1.807) is 5.06 Å². The minimum atomic E-state index is 0.667. The highest BCUT2D eigenvalue weighted by Crippen LogP contribution is 1.83. The normalized spacial score (nSPS) is 11.9. The van der Waals surface area contributed by atoms with Crippen LogP contribution < -0.4 is 0 Å². The maximum atomic E-state index is 5.05. The van der Waals surface area contributed by atoms with E-state index in [0.29, 0.717) is 6.54 Å². The zero-order chi connectivity index (χ0) is 9.23. The van der Waals surface area contributed by atoms with Crippen LogP contribution in [0.2, 0.25) is 0 Å². The third-order valence-electron chi connectivity index (χ3n) is 1.09. The lowest BCUT2D eigenvalue weighted by molar-refractivity contribution is 0.0139. The van der Waals surface area contributed by atoms with Crippen molar-refractivity contribution in [1.29, 1.82) is 0 Å². The molecule has 12 heavy (non-hydrogen) atoms. The lowest BCUT2D eigenvalue weighted by atomic mass is 10.5. The molecule has 0 aromatic heterocycles. The van der Waals surface area contributed by atoms with Crippen molar-refractivity contribution in [3.05, 3.63) is 24.4 Å². The van der Waals surface area contributed by atoms with Gasteiger partial charge in [-0.25, -0.2) is 5.06 Å². The number of hydrogen-bond acceptors (Lipinski definition) is 3. The maximum absolute atomic E-state index is 5.05. The molecule has 0 atom stereocenters. The highest BCUT2D eigenvalue weighted by molar-refractivity contribution is 5.46. The summed E-state index contributed by atoms with van der Waals surface area (Å²) in [5.41, 5.74) is 0. The van der Waals surface area contributed by atoms with E-state index in [0.717, 1.165) is 0 Å². The molecule has 3 nitrogen and oxygen atoms in total. The predicted molar refractivity (Wildman–Crippen MR) is 51.8 cm³/mol. The van der Waals surface area contributed by atoms with Crippen LogP contribution in [0.15, 0.2) is 29.4 Å². The smallest absolute Gasteiger partial charge is 0.204 e. The van der Waals surface area contributed by atoms with Crippen LogP contribution in [0, 0.1) is 0 Å². The molecule has 0 spiro atoms. The lowest BCUT2D eigenvalue weighted by Crippen LogP contribution is -2.09. The van der Waals surface area contributed by atoms with Gasteiger partial charge in [0.2, 0.25) is 6.40 Å². The van der Waals surface area contributed by atoms with Crippen LogP contribution in [0.5, 0.6) is 0 Å². The SMILES string of the molecule is C/C=C\CN=CON(C)/C=C\C. The minimum Gasteiger partial charge on any atom is -0.368 e. The van der Waals surface area contributed by atoms with Crippen molar-refractivity contribution < 1.29 is 4.84 Å². The van der Waals surface area contributed by atoms with Crippen molar-refractivity contribution in [2.24, 2.45) is 4.99 Å². The van der Waals surface area contributed by atoms with E-state index in [1.807, 2.05) is 45.3 Å². The quantitative estimate of drug-likeness (QED) is 0.271. The standard InChI is InChI=1S/C9H16N2O/c1-4-6-7-10-9-12-11(3)8-5-2/h4-6,8-9H,7H2,1-3H3/b6-4-,8-5-,10-9?. The molecule has 0 rings (SSSR count). The zero-order valence-corrected chi connectivity index (χ0v) is 7.90. The summed E-state index contributed by atoms with van der Waals surface area (Å²) >= 11 is 0. The fourth-order valence-corrected chi connectivity index (χ4v) is 0.562. The number of hydrogen-bond donors (Lipinski definition) is 0. The second-order valence-electron chi connectivity index (χ2n) is 2.17. The first-order valence-electron chi connectivity index (χ1n) is 3.93. The molecular formula is C9H16N2O. The van der Waals surface area contributed by atoms with Gasteiger partial charge in [-0.1, -0.05) is 18.2 Å². The van der Waals surface area contributed by atoms with Gasteiger partial charge in [0.05, 0.1) is 6.54 Å². The summed E-state index contributed by atoms with van der Waals surface area (Å²) in [6.45, 7) is 4.55. The molecule has 0 aromatic carbocycles. The van der Waals surface area contributed by atoms with Crippen LogP contribution >= 0.6 is 0 Å². The van der Waals surface area contributed by atoms with Crippen LogP contribution in [-0.4, -0.2) is 25.1 Å². The first kappa shape index (κ1) is 10.8. The Morgan fingerprint density at radius 2 is 2.08 bits per heavy atom. The Labute approximate surface area is 74.0 Å². The maximum Gasteiger partial charge on any atom is 0.204 e. The second-order valence-corrected chi connectivity index (χ2v) is 2.17. The number of hydroxylamine groups is 2. The van der Waals surface area contributed by atoms with Gasteiger partial charge < -0.3 is 4.84 Å². The van der Waals surface area contributed by atoms with Crippen LogP contribution in [0.4, 0.5) is 0 Å². The number of nitrogens with zero attached hydrogens (tertiary/aromatic N) is 2. The van der Waals surface area contributed by atoms with Gasteiger partial charge in [0, 0.05) is 13.2 Å². The van der Waals surface area contributed by atoms with Crippen molar-refractivity contribution in [2.45, 2.75) is 13.8 Å². The van der Waals surface area contributed by atoms with Crippen molar-refractivity contribution in [1.82, 2.24) is 5.06 Å². The summed E-state index contributed by atoms with van der Waals surface area (Å²) in [5.74, 6) is 0. The van der Waals surface area contributed by atoms with Crippen LogP contribution in [0.25, 0.3) is 0 Å². The van der Waals surface area contributed by atoms with Gasteiger partial charge in [-0.15, -0.1) is 0 Å². The third-order valence-corrected chi connectivity index (χ3v) is 1.09. The van der Waals surface area contributed by atoms with E-state index < -0.39 is 0 Å². The summed E-state index contributed by atoms with van der Waals surface area (Å²) in [7, 11) is 1.81. The fourth-order valence-electron chi connectivity index (χ4n) is 0.562. The van der Waals surface area contributed by atoms with Crippen molar-refractivity contribution >= 4 is 6.40 Å². The molecule has 0 amide bonds. The molecule has 0 aromatic rings. The van der Waals surface area contributed by atoms with Crippen LogP contribution in [0.3, 0.4) is 0 Å². The molecule has 68 valence electrons. The zero-order valence-electron chi connectivity index (χ0n) is 7.90. The second kappa shape index (κ2) is 7.85. The molecule has 0 fully saturated rings. The minimum absolute atomic E-state index is 0.667. The Hall–Kier alpha value is -1.25. The molecular weight excluding hydrogens is 152 g/mol. The van der Waals surface area contributed by atoms with E-state index in [1.165, 1.54) is 6.40 Å². The van der Waals surface area contributed by atoms with E-state index in [-0.39, 0.29) is 0 Å². The summed E-state index contributed by atoms with van der Waals surface area (Å²) in [6, 6.07) is 0. The van der Waals surface area contributed by atoms with E-state index in [4.69, 9.17) is 4.84 Å². The highest BCUT2D eigenvalue weighted by Gasteiger charge is 1.82. The monoisotopic (exact) mass is 168 g/mol. The summed E-state index contributed by atoms with van der Waals surface area (Å²) in [4.78, 5) is 9.02. The molecule has 0 heterocycles. The molecule has 0 saturated carbocycles. The summed E-state index contributed by atoms with van der Waals surface area (Å²) in [5, 5.41) is 1.58. The van der Waals surface area contributed by atoms with Gasteiger partial charge in [0.25, 0.3) is 0 Å². The predicted octanol–water partition coefficient (Wildman–Crippen LogP) is 1.99. The van der Waals surface area contributed by atoms with Crippen molar-refractivity contribution in [3.63, 3.8) is 0 Å². The van der Waals surface area contributed by atoms with E-state index >= 15 is 0 Å². The first-order valence-corrected chi connectivity index (χ1v) is 3.93. The lowest BCUT2D eigenvalue weighted by Gasteiger charge is -2.09. The Balaban J connectivity index is 3.46. The molecule has 0 bridgehead atoms. The van der Waals surface area contributed by atoms with Gasteiger partial charge in [0.15, 0.2) is 0 Å². The Kier molecular flexibility index (Phi) is 7.03. The van der Waals surface area contributed by atoms with Gasteiger partial charge in [-0.3, -0.25) is 4.99 Å². The molecule has 0 unspecified atom stereocenters. The molecule has 0 radical (unpaired) electrons. The first-order chi connectivity index (χ1) is 5.81. The number of allylic oxidation sites excluding steroid dienone is 2. The van der Waals surface area contributed by atoms with Crippen LogP contribution in [-0.2, 0) is 4.84 Å². The van der Waals surface area contributed by atoms with Crippen molar-refractivity contribution in [3.8, 4) is 0 Å². The summed E-state index contributed by atoms with van der Waals surface area (Å²) < 4.78 is 0. The Morgan fingerprint density at radius 1 is 1.33 bits per heavy atom.